The summed E-state index contributed by atoms with van der Waals surface area (Å²) in [6, 6.07) is 8.20. The van der Waals surface area contributed by atoms with Crippen LogP contribution in [-0.4, -0.2) is 10.7 Å². The van der Waals surface area contributed by atoms with Crippen molar-refractivity contribution in [1.29, 1.82) is 0 Å². The maximum Gasteiger partial charge on any atom is 0.120 e. The molecule has 0 atom stereocenters. The second-order valence-electron chi connectivity index (χ2n) is 4.26. The van der Waals surface area contributed by atoms with Gasteiger partial charge in [-0.3, -0.25) is 0 Å². The fourth-order valence-electron chi connectivity index (χ4n) is 1.27. The molecule has 0 unspecified atom stereocenters. The number of rotatable bonds is 2. The number of aliphatic hydroxyl groups is 1. The highest BCUT2D eigenvalue weighted by Gasteiger charge is 2.05. The lowest BCUT2D eigenvalue weighted by molar-refractivity contribution is 0.143. The molecule has 0 aliphatic carbocycles. The molecule has 0 aliphatic heterocycles. The van der Waals surface area contributed by atoms with Crippen LogP contribution < -0.4 is 0 Å². The van der Waals surface area contributed by atoms with Crippen LogP contribution in [-0.2, 0) is 6.42 Å². The van der Waals surface area contributed by atoms with Crippen molar-refractivity contribution in [3.63, 3.8) is 0 Å². The maximum absolute atomic E-state index is 9.44. The first-order valence-corrected chi connectivity index (χ1v) is 5.36. The second-order valence-corrected chi connectivity index (χ2v) is 4.26. The minimum atomic E-state index is -0.915. The fraction of sp³-hybridized carbons (Fsp3) is 0.429. The number of hydrogen-bond donors (Lipinski definition) is 1. The lowest BCUT2D eigenvalue weighted by Crippen LogP contribution is -2.14. The molecule has 1 heteroatoms. The van der Waals surface area contributed by atoms with E-state index in [0.717, 1.165) is 18.4 Å². The highest BCUT2D eigenvalue weighted by molar-refractivity contribution is 5.37. The first-order valence-electron chi connectivity index (χ1n) is 5.36. The highest BCUT2D eigenvalue weighted by Crippen LogP contribution is 2.06. The average molecular weight is 202 g/mol. The van der Waals surface area contributed by atoms with Crippen LogP contribution in [0.5, 0.6) is 0 Å². The molecular formula is C14H18O. The van der Waals surface area contributed by atoms with Crippen LogP contribution in [0, 0.1) is 11.8 Å². The van der Waals surface area contributed by atoms with Crippen molar-refractivity contribution in [2.24, 2.45) is 0 Å². The first-order chi connectivity index (χ1) is 7.01. The molecule has 80 valence electrons. The zero-order valence-electron chi connectivity index (χ0n) is 9.67. The lowest BCUT2D eigenvalue weighted by atomic mass is 10.1. The van der Waals surface area contributed by atoms with Gasteiger partial charge in [-0.25, -0.2) is 0 Å². The largest absolute Gasteiger partial charge is 0.378 e. The number of aryl methyl sites for hydroxylation is 1. The lowest BCUT2D eigenvalue weighted by Gasteiger charge is -2.06. The summed E-state index contributed by atoms with van der Waals surface area (Å²) in [5, 5.41) is 9.44. The third-order valence-corrected chi connectivity index (χ3v) is 2.01. The van der Waals surface area contributed by atoms with Gasteiger partial charge in [0.05, 0.1) is 0 Å². The van der Waals surface area contributed by atoms with E-state index in [1.54, 1.807) is 13.8 Å². The molecule has 0 saturated heterocycles. The van der Waals surface area contributed by atoms with Crippen LogP contribution in [0.3, 0.4) is 0 Å². The van der Waals surface area contributed by atoms with Crippen LogP contribution in [0.4, 0.5) is 0 Å². The summed E-state index contributed by atoms with van der Waals surface area (Å²) >= 11 is 0. The normalized spacial score (nSPS) is 10.7. The summed E-state index contributed by atoms with van der Waals surface area (Å²) in [7, 11) is 0. The molecular weight excluding hydrogens is 184 g/mol. The molecule has 1 nitrogen and oxygen atoms in total. The molecule has 0 spiro atoms. The summed E-state index contributed by atoms with van der Waals surface area (Å²) < 4.78 is 0. The molecule has 0 radical (unpaired) electrons. The smallest absolute Gasteiger partial charge is 0.120 e. The van der Waals surface area contributed by atoms with E-state index in [1.165, 1.54) is 5.56 Å². The standard InChI is InChI=1S/C14H18O/c1-4-5-12-6-8-13(9-7-12)10-11-14(2,3)15/h6-9,15H,4-5H2,1-3H3. The topological polar surface area (TPSA) is 20.2 Å². The minimum absolute atomic E-state index is 0.915. The molecule has 0 bridgehead atoms. The zero-order chi connectivity index (χ0) is 11.3. The SMILES string of the molecule is CCCc1ccc(C#CC(C)(C)O)cc1. The van der Waals surface area contributed by atoms with Crippen molar-refractivity contribution in [3.8, 4) is 11.8 Å². The molecule has 1 aromatic carbocycles. The maximum atomic E-state index is 9.44. The fourth-order valence-corrected chi connectivity index (χ4v) is 1.27. The Kier molecular flexibility index (Phi) is 3.94. The van der Waals surface area contributed by atoms with E-state index < -0.39 is 5.60 Å². The molecule has 0 aliphatic rings. The summed E-state index contributed by atoms with van der Waals surface area (Å²) in [6.45, 7) is 5.54. The molecule has 0 saturated carbocycles. The van der Waals surface area contributed by atoms with Gasteiger partial charge in [-0.05, 0) is 38.0 Å². The Hall–Kier alpha value is -1.26. The van der Waals surface area contributed by atoms with Gasteiger partial charge in [0.1, 0.15) is 5.60 Å². The Bertz CT molecular complexity index is 357. The van der Waals surface area contributed by atoms with Gasteiger partial charge in [-0.1, -0.05) is 37.3 Å². The highest BCUT2D eigenvalue weighted by atomic mass is 16.3. The predicted octanol–water partition coefficient (Wildman–Crippen LogP) is 2.76. The molecule has 1 N–H and O–H groups in total. The van der Waals surface area contributed by atoms with Gasteiger partial charge in [-0.15, -0.1) is 0 Å². The van der Waals surface area contributed by atoms with E-state index in [-0.39, 0.29) is 0 Å². The summed E-state index contributed by atoms with van der Waals surface area (Å²) in [5.74, 6) is 5.75. The van der Waals surface area contributed by atoms with Gasteiger partial charge >= 0.3 is 0 Å². The van der Waals surface area contributed by atoms with Crippen LogP contribution in [0.1, 0.15) is 38.3 Å². The van der Waals surface area contributed by atoms with Gasteiger partial charge in [0.2, 0.25) is 0 Å². The molecule has 0 fully saturated rings. The van der Waals surface area contributed by atoms with E-state index >= 15 is 0 Å². The van der Waals surface area contributed by atoms with E-state index in [2.05, 4.69) is 30.9 Å². The Labute approximate surface area is 92.1 Å². The number of hydrogen-bond acceptors (Lipinski definition) is 1. The van der Waals surface area contributed by atoms with Crippen molar-refractivity contribution >= 4 is 0 Å². The van der Waals surface area contributed by atoms with E-state index in [0.29, 0.717) is 0 Å². The number of benzene rings is 1. The molecule has 1 aromatic rings. The van der Waals surface area contributed by atoms with Crippen molar-refractivity contribution in [2.75, 3.05) is 0 Å². The average Bonchev–Trinajstić information content (AvgIpc) is 2.16. The van der Waals surface area contributed by atoms with Gasteiger partial charge in [0.15, 0.2) is 0 Å². The third kappa shape index (κ3) is 4.67. The van der Waals surface area contributed by atoms with Crippen LogP contribution >= 0.6 is 0 Å². The minimum Gasteiger partial charge on any atom is -0.378 e. The Balaban J connectivity index is 2.75. The summed E-state index contributed by atoms with van der Waals surface area (Å²) in [6.07, 6.45) is 2.27. The van der Waals surface area contributed by atoms with Gasteiger partial charge < -0.3 is 5.11 Å². The summed E-state index contributed by atoms with van der Waals surface area (Å²) in [5.41, 5.74) is 1.38. The van der Waals surface area contributed by atoms with Crippen LogP contribution in [0.15, 0.2) is 24.3 Å². The molecule has 1 rings (SSSR count). The molecule has 0 heterocycles. The van der Waals surface area contributed by atoms with Crippen LogP contribution in [0.25, 0.3) is 0 Å². The first kappa shape index (κ1) is 11.8. The Morgan fingerprint density at radius 2 is 1.80 bits per heavy atom. The third-order valence-electron chi connectivity index (χ3n) is 2.01. The monoisotopic (exact) mass is 202 g/mol. The van der Waals surface area contributed by atoms with Crippen molar-refractivity contribution in [1.82, 2.24) is 0 Å². The zero-order valence-corrected chi connectivity index (χ0v) is 9.67. The Morgan fingerprint density at radius 3 is 2.27 bits per heavy atom. The van der Waals surface area contributed by atoms with E-state index in [9.17, 15) is 5.11 Å². The second kappa shape index (κ2) is 5.00. The Morgan fingerprint density at radius 1 is 1.20 bits per heavy atom. The van der Waals surface area contributed by atoms with Crippen LogP contribution in [0.2, 0.25) is 0 Å². The molecule has 15 heavy (non-hydrogen) atoms. The molecule has 0 aromatic heterocycles. The summed E-state index contributed by atoms with van der Waals surface area (Å²) in [4.78, 5) is 0. The van der Waals surface area contributed by atoms with Gasteiger partial charge in [0, 0.05) is 5.56 Å². The van der Waals surface area contributed by atoms with Crippen molar-refractivity contribution in [3.05, 3.63) is 35.4 Å². The van der Waals surface area contributed by atoms with Gasteiger partial charge in [0.25, 0.3) is 0 Å². The van der Waals surface area contributed by atoms with Crippen molar-refractivity contribution in [2.45, 2.75) is 39.2 Å². The van der Waals surface area contributed by atoms with E-state index in [4.69, 9.17) is 0 Å². The van der Waals surface area contributed by atoms with Gasteiger partial charge in [-0.2, -0.15) is 0 Å². The van der Waals surface area contributed by atoms with E-state index in [1.807, 2.05) is 12.1 Å². The van der Waals surface area contributed by atoms with Crippen molar-refractivity contribution < 1.29 is 5.11 Å². The predicted molar refractivity (Wildman–Crippen MR) is 63.6 cm³/mol. The quantitative estimate of drug-likeness (QED) is 0.731. The molecule has 0 amide bonds.